The Kier molecular flexibility index (Phi) is 2.48. The summed E-state index contributed by atoms with van der Waals surface area (Å²) in [6.07, 6.45) is 1.10. The third-order valence-electron chi connectivity index (χ3n) is 3.42. The molecule has 0 aromatic carbocycles. The van der Waals surface area contributed by atoms with Gasteiger partial charge < -0.3 is 4.74 Å². The molecule has 2 aliphatic rings. The first-order chi connectivity index (χ1) is 7.29. The highest BCUT2D eigenvalue weighted by Gasteiger charge is 2.51. The van der Waals surface area contributed by atoms with Crippen molar-refractivity contribution in [3.8, 4) is 0 Å². The first-order valence-corrected chi connectivity index (χ1v) is 5.83. The molecule has 0 aromatic rings. The molecule has 4 nitrogen and oxygen atoms in total. The van der Waals surface area contributed by atoms with Gasteiger partial charge in [0.2, 0.25) is 0 Å². The summed E-state index contributed by atoms with van der Waals surface area (Å²) < 4.78 is 5.33. The molecule has 90 valence electrons. The largest absolute Gasteiger partial charge is 0.444 e. The number of carbonyl (C=O) groups excluding carboxylic acids is 2. The van der Waals surface area contributed by atoms with Gasteiger partial charge in [-0.15, -0.1) is 0 Å². The van der Waals surface area contributed by atoms with Gasteiger partial charge in [0, 0.05) is 12.5 Å². The lowest BCUT2D eigenvalue weighted by molar-refractivity contribution is -0.124. The number of nitrogens with zero attached hydrogens (tertiary/aromatic N) is 1. The van der Waals surface area contributed by atoms with Crippen LogP contribution < -0.4 is 0 Å². The minimum atomic E-state index is -0.498. The summed E-state index contributed by atoms with van der Waals surface area (Å²) in [5.41, 5.74) is -0.498. The van der Waals surface area contributed by atoms with Crippen molar-refractivity contribution in [2.24, 2.45) is 5.92 Å². The van der Waals surface area contributed by atoms with E-state index in [4.69, 9.17) is 4.74 Å². The first-order valence-electron chi connectivity index (χ1n) is 5.83. The summed E-state index contributed by atoms with van der Waals surface area (Å²) in [7, 11) is 0. The minimum Gasteiger partial charge on any atom is -0.444 e. The van der Waals surface area contributed by atoms with Crippen LogP contribution in [0.1, 0.15) is 40.5 Å². The van der Waals surface area contributed by atoms with Crippen molar-refractivity contribution in [3.05, 3.63) is 0 Å². The predicted octanol–water partition coefficient (Wildman–Crippen LogP) is 1.97. The lowest BCUT2D eigenvalue weighted by atomic mass is 10.0. The molecular weight excluding hydrogens is 206 g/mol. The van der Waals surface area contributed by atoms with E-state index in [1.165, 1.54) is 0 Å². The number of Topliss-reactive ketones (excluding diaryl/α,β-unsaturated/α-hetero) is 1. The van der Waals surface area contributed by atoms with E-state index in [2.05, 4.69) is 0 Å². The van der Waals surface area contributed by atoms with Gasteiger partial charge in [0.15, 0.2) is 5.78 Å². The highest BCUT2D eigenvalue weighted by atomic mass is 16.6. The second-order valence-electron chi connectivity index (χ2n) is 5.81. The molecule has 1 heterocycles. The molecule has 1 aliphatic carbocycles. The number of piperidine rings is 1. The SMILES string of the molecule is CC1C2CC(=O)C(C2)N1C(=O)OC(C)(C)C. The van der Waals surface area contributed by atoms with E-state index in [0.29, 0.717) is 12.3 Å². The lowest BCUT2D eigenvalue weighted by Crippen LogP contribution is -2.49. The number of fused-ring (bicyclic) bond motifs is 2. The molecule has 1 amide bonds. The molecule has 2 rings (SSSR count). The Hall–Kier alpha value is -1.06. The van der Waals surface area contributed by atoms with Crippen LogP contribution in [0.5, 0.6) is 0 Å². The van der Waals surface area contributed by atoms with Crippen LogP contribution in [0.3, 0.4) is 0 Å². The van der Waals surface area contributed by atoms with Crippen LogP contribution in [-0.2, 0) is 9.53 Å². The third kappa shape index (κ3) is 1.81. The van der Waals surface area contributed by atoms with Gasteiger partial charge in [0.05, 0.1) is 6.04 Å². The lowest BCUT2D eigenvalue weighted by Gasteiger charge is -2.33. The molecule has 1 aliphatic heterocycles. The van der Waals surface area contributed by atoms with Gasteiger partial charge in [-0.3, -0.25) is 9.69 Å². The van der Waals surface area contributed by atoms with Crippen molar-refractivity contribution in [1.82, 2.24) is 4.90 Å². The van der Waals surface area contributed by atoms with E-state index >= 15 is 0 Å². The van der Waals surface area contributed by atoms with Crippen LogP contribution >= 0.6 is 0 Å². The first kappa shape index (κ1) is 11.4. The van der Waals surface area contributed by atoms with E-state index in [1.807, 2.05) is 27.7 Å². The zero-order valence-corrected chi connectivity index (χ0v) is 10.3. The number of ketones is 1. The van der Waals surface area contributed by atoms with Gasteiger partial charge >= 0.3 is 6.09 Å². The molecule has 0 spiro atoms. The molecule has 2 fully saturated rings. The van der Waals surface area contributed by atoms with Crippen LogP contribution in [0.15, 0.2) is 0 Å². The molecule has 0 N–H and O–H groups in total. The Morgan fingerprint density at radius 3 is 2.56 bits per heavy atom. The van der Waals surface area contributed by atoms with Gasteiger partial charge in [-0.1, -0.05) is 0 Å². The Balaban J connectivity index is 2.10. The van der Waals surface area contributed by atoms with Crippen LogP contribution in [0.2, 0.25) is 0 Å². The molecule has 4 heteroatoms. The molecule has 2 bridgehead atoms. The van der Waals surface area contributed by atoms with Crippen molar-refractivity contribution >= 4 is 11.9 Å². The molecule has 1 saturated heterocycles. The van der Waals surface area contributed by atoms with Gasteiger partial charge in [-0.2, -0.15) is 0 Å². The highest BCUT2D eigenvalue weighted by Crippen LogP contribution is 2.40. The molecule has 3 unspecified atom stereocenters. The second-order valence-corrected chi connectivity index (χ2v) is 5.81. The monoisotopic (exact) mass is 225 g/mol. The molecule has 1 saturated carbocycles. The molecule has 3 atom stereocenters. The van der Waals surface area contributed by atoms with Crippen molar-refractivity contribution < 1.29 is 14.3 Å². The number of hydrogen-bond donors (Lipinski definition) is 0. The number of amides is 1. The highest BCUT2D eigenvalue weighted by molar-refractivity contribution is 5.91. The van der Waals surface area contributed by atoms with E-state index < -0.39 is 5.60 Å². The van der Waals surface area contributed by atoms with Crippen LogP contribution in [0.25, 0.3) is 0 Å². The Labute approximate surface area is 95.9 Å². The smallest absolute Gasteiger partial charge is 0.411 e. The second kappa shape index (κ2) is 3.47. The average molecular weight is 225 g/mol. The molecule has 16 heavy (non-hydrogen) atoms. The maximum absolute atomic E-state index is 12.0. The minimum absolute atomic E-state index is 0.137. The normalized spacial score (nSPS) is 33.4. The van der Waals surface area contributed by atoms with Crippen LogP contribution in [-0.4, -0.2) is 34.5 Å². The number of likely N-dealkylation sites (tertiary alicyclic amines) is 1. The zero-order chi connectivity index (χ0) is 12.1. The third-order valence-corrected chi connectivity index (χ3v) is 3.42. The number of carbonyl (C=O) groups is 2. The molecule has 0 radical (unpaired) electrons. The fourth-order valence-corrected chi connectivity index (χ4v) is 2.65. The Bertz CT molecular complexity index is 332. The summed E-state index contributed by atoms with van der Waals surface area (Å²) in [4.78, 5) is 25.2. The Morgan fingerprint density at radius 2 is 2.06 bits per heavy atom. The van der Waals surface area contributed by atoms with Gasteiger partial charge in [0.1, 0.15) is 5.60 Å². The van der Waals surface area contributed by atoms with Gasteiger partial charge in [0.25, 0.3) is 0 Å². The van der Waals surface area contributed by atoms with Crippen LogP contribution in [0, 0.1) is 5.92 Å². The number of rotatable bonds is 0. The van der Waals surface area contributed by atoms with Crippen molar-refractivity contribution in [2.45, 2.75) is 58.2 Å². The maximum Gasteiger partial charge on any atom is 0.411 e. The predicted molar refractivity (Wildman–Crippen MR) is 59.1 cm³/mol. The summed E-state index contributed by atoms with van der Waals surface area (Å²) in [6, 6.07) is -0.0904. The summed E-state index contributed by atoms with van der Waals surface area (Å²) in [5, 5.41) is 0. The molecule has 0 aromatic heterocycles. The Morgan fingerprint density at radius 1 is 1.44 bits per heavy atom. The van der Waals surface area contributed by atoms with E-state index in [0.717, 1.165) is 6.42 Å². The van der Waals surface area contributed by atoms with E-state index in [1.54, 1.807) is 4.90 Å². The van der Waals surface area contributed by atoms with Crippen LogP contribution in [0.4, 0.5) is 4.79 Å². The van der Waals surface area contributed by atoms with Crippen molar-refractivity contribution in [3.63, 3.8) is 0 Å². The summed E-state index contributed by atoms with van der Waals surface area (Å²) >= 11 is 0. The van der Waals surface area contributed by atoms with Crippen molar-refractivity contribution in [2.75, 3.05) is 0 Å². The number of ether oxygens (including phenoxy) is 1. The average Bonchev–Trinajstić information content (AvgIpc) is 2.57. The topological polar surface area (TPSA) is 46.6 Å². The zero-order valence-electron chi connectivity index (χ0n) is 10.3. The summed E-state index contributed by atoms with van der Waals surface area (Å²) in [6.45, 7) is 7.52. The maximum atomic E-state index is 12.0. The van der Waals surface area contributed by atoms with Gasteiger partial charge in [-0.25, -0.2) is 4.79 Å². The summed E-state index contributed by atoms with van der Waals surface area (Å²) in [5.74, 6) is 0.527. The van der Waals surface area contributed by atoms with Gasteiger partial charge in [-0.05, 0) is 40.0 Å². The van der Waals surface area contributed by atoms with Crippen molar-refractivity contribution in [1.29, 1.82) is 0 Å². The fourth-order valence-electron chi connectivity index (χ4n) is 2.65. The number of hydrogen-bond acceptors (Lipinski definition) is 3. The van der Waals surface area contributed by atoms with E-state index in [9.17, 15) is 9.59 Å². The van der Waals surface area contributed by atoms with E-state index in [-0.39, 0.29) is 24.0 Å². The standard InChI is InChI=1S/C12H19NO3/c1-7-8-5-9(10(14)6-8)13(7)11(15)16-12(2,3)4/h7-9H,5-6H2,1-4H3. The quantitative estimate of drug-likeness (QED) is 0.633. The fraction of sp³-hybridized carbons (Fsp3) is 0.833. The molecular formula is C12H19NO3.